The lowest BCUT2D eigenvalue weighted by molar-refractivity contribution is 0.134. The third-order valence-corrected chi connectivity index (χ3v) is 3.30. The summed E-state index contributed by atoms with van der Waals surface area (Å²) in [6, 6.07) is 4.08. The van der Waals surface area contributed by atoms with Crippen molar-refractivity contribution in [1.29, 1.82) is 0 Å². The Morgan fingerprint density at radius 1 is 1.00 bits per heavy atom. The molecule has 0 amide bonds. The molecule has 0 aliphatic carbocycles. The highest BCUT2D eigenvalue weighted by atomic mass is 79.9. The fourth-order valence-corrected chi connectivity index (χ4v) is 2.17. The van der Waals surface area contributed by atoms with Crippen molar-refractivity contribution in [2.45, 2.75) is 13.2 Å². The minimum atomic E-state index is 0.732. The van der Waals surface area contributed by atoms with Crippen molar-refractivity contribution in [3.05, 3.63) is 32.2 Å². The van der Waals surface area contributed by atoms with Crippen LogP contribution in [-0.2, 0) is 18.0 Å². The smallest absolute Gasteiger partial charge is 0.0736 e. The van der Waals surface area contributed by atoms with E-state index in [4.69, 9.17) is 4.74 Å². The van der Waals surface area contributed by atoms with Gasteiger partial charge in [0.1, 0.15) is 0 Å². The van der Waals surface area contributed by atoms with Crippen molar-refractivity contribution >= 4 is 31.9 Å². The second-order valence-electron chi connectivity index (χ2n) is 2.48. The number of fused-ring (bicyclic) bond motifs is 1. The van der Waals surface area contributed by atoms with Crippen LogP contribution in [0.3, 0.4) is 0 Å². The van der Waals surface area contributed by atoms with Gasteiger partial charge in [-0.25, -0.2) is 0 Å². The van der Waals surface area contributed by atoms with Crippen molar-refractivity contribution in [3.63, 3.8) is 0 Å². The minimum absolute atomic E-state index is 0.732. The van der Waals surface area contributed by atoms with E-state index in [2.05, 4.69) is 31.9 Å². The highest BCUT2D eigenvalue weighted by Gasteiger charge is 2.16. The van der Waals surface area contributed by atoms with E-state index in [0.29, 0.717) is 0 Å². The molecule has 1 aliphatic heterocycles. The quantitative estimate of drug-likeness (QED) is 0.707. The van der Waals surface area contributed by atoms with E-state index in [9.17, 15) is 0 Å². The number of hydrogen-bond donors (Lipinski definition) is 0. The van der Waals surface area contributed by atoms with Gasteiger partial charge in [0.15, 0.2) is 0 Å². The highest BCUT2D eigenvalue weighted by Crippen LogP contribution is 2.32. The summed E-state index contributed by atoms with van der Waals surface area (Å²) in [5, 5.41) is 0. The summed E-state index contributed by atoms with van der Waals surface area (Å²) in [4.78, 5) is 0. The fourth-order valence-electron chi connectivity index (χ4n) is 1.20. The van der Waals surface area contributed by atoms with Crippen molar-refractivity contribution < 1.29 is 4.74 Å². The van der Waals surface area contributed by atoms with Gasteiger partial charge >= 0.3 is 0 Å². The number of ether oxygens (including phenoxy) is 1. The largest absolute Gasteiger partial charge is 0.372 e. The topological polar surface area (TPSA) is 9.23 Å². The standard InChI is InChI=1S/C8H6Br2O/c9-7-1-2-8(10)6-4-11-3-5(6)7/h1-2H,3-4H2. The predicted octanol–water partition coefficient (Wildman–Crippen LogP) is 3.24. The molecular weight excluding hydrogens is 272 g/mol. The molecule has 0 spiro atoms. The van der Waals surface area contributed by atoms with Gasteiger partial charge in [-0.05, 0) is 23.3 Å². The summed E-state index contributed by atoms with van der Waals surface area (Å²) < 4.78 is 7.61. The Hall–Kier alpha value is 0.140. The van der Waals surface area contributed by atoms with Crippen molar-refractivity contribution in [2.24, 2.45) is 0 Å². The van der Waals surface area contributed by atoms with Crippen LogP contribution >= 0.6 is 31.9 Å². The second kappa shape index (κ2) is 2.88. The summed E-state index contributed by atoms with van der Waals surface area (Å²) in [6.07, 6.45) is 0. The first-order valence-corrected chi connectivity index (χ1v) is 4.91. The van der Waals surface area contributed by atoms with E-state index in [1.807, 2.05) is 12.1 Å². The normalized spacial score (nSPS) is 15.1. The maximum absolute atomic E-state index is 5.32. The summed E-state index contributed by atoms with van der Waals surface area (Å²) in [6.45, 7) is 1.46. The highest BCUT2D eigenvalue weighted by molar-refractivity contribution is 9.11. The van der Waals surface area contributed by atoms with Crippen LogP contribution in [0.25, 0.3) is 0 Å². The molecule has 3 heteroatoms. The van der Waals surface area contributed by atoms with E-state index in [1.54, 1.807) is 0 Å². The average molecular weight is 278 g/mol. The Kier molecular flexibility index (Phi) is 2.04. The van der Waals surface area contributed by atoms with Crippen LogP contribution in [0.5, 0.6) is 0 Å². The molecule has 1 nitrogen and oxygen atoms in total. The Balaban J connectivity index is 2.64. The van der Waals surface area contributed by atoms with Gasteiger partial charge in [0.25, 0.3) is 0 Å². The summed E-state index contributed by atoms with van der Waals surface area (Å²) in [5.41, 5.74) is 2.55. The predicted molar refractivity (Wildman–Crippen MR) is 50.3 cm³/mol. The summed E-state index contributed by atoms with van der Waals surface area (Å²) in [5.74, 6) is 0. The molecule has 11 heavy (non-hydrogen) atoms. The molecule has 0 aromatic heterocycles. The third-order valence-electron chi connectivity index (χ3n) is 1.81. The van der Waals surface area contributed by atoms with Crippen molar-refractivity contribution in [1.82, 2.24) is 0 Å². The Morgan fingerprint density at radius 2 is 1.45 bits per heavy atom. The van der Waals surface area contributed by atoms with E-state index in [-0.39, 0.29) is 0 Å². The van der Waals surface area contributed by atoms with E-state index in [1.165, 1.54) is 11.1 Å². The molecule has 0 radical (unpaired) electrons. The van der Waals surface area contributed by atoms with E-state index in [0.717, 1.165) is 22.2 Å². The van der Waals surface area contributed by atoms with Crippen LogP contribution in [0.15, 0.2) is 21.1 Å². The molecule has 0 fully saturated rings. The second-order valence-corrected chi connectivity index (χ2v) is 4.19. The van der Waals surface area contributed by atoms with Gasteiger partial charge in [0.05, 0.1) is 13.2 Å². The first kappa shape index (κ1) is 7.77. The van der Waals surface area contributed by atoms with Gasteiger partial charge in [-0.1, -0.05) is 31.9 Å². The van der Waals surface area contributed by atoms with E-state index >= 15 is 0 Å². The molecule has 2 rings (SSSR count). The molecule has 1 aromatic rings. The molecule has 1 aliphatic rings. The molecule has 1 aromatic carbocycles. The Labute approximate surface area is 82.0 Å². The lowest BCUT2D eigenvalue weighted by atomic mass is 10.1. The maximum atomic E-state index is 5.32. The van der Waals surface area contributed by atoms with Crippen molar-refractivity contribution in [3.8, 4) is 0 Å². The SMILES string of the molecule is Brc1ccc(Br)c2c1COC2. The summed E-state index contributed by atoms with van der Waals surface area (Å²) in [7, 11) is 0. The van der Waals surface area contributed by atoms with Crippen LogP contribution in [0.4, 0.5) is 0 Å². The first-order chi connectivity index (χ1) is 5.29. The summed E-state index contributed by atoms with van der Waals surface area (Å²) >= 11 is 6.96. The average Bonchev–Trinajstić information content (AvgIpc) is 2.45. The zero-order chi connectivity index (χ0) is 7.84. The molecule has 0 saturated carbocycles. The molecule has 58 valence electrons. The maximum Gasteiger partial charge on any atom is 0.0736 e. The lowest BCUT2D eigenvalue weighted by Gasteiger charge is -2.01. The fraction of sp³-hybridized carbons (Fsp3) is 0.250. The molecule has 0 N–H and O–H groups in total. The van der Waals surface area contributed by atoms with Gasteiger partial charge < -0.3 is 4.74 Å². The van der Waals surface area contributed by atoms with Gasteiger partial charge in [0.2, 0.25) is 0 Å². The Bertz CT molecular complexity index is 267. The Morgan fingerprint density at radius 3 is 1.91 bits per heavy atom. The van der Waals surface area contributed by atoms with Crippen LogP contribution in [0.2, 0.25) is 0 Å². The first-order valence-electron chi connectivity index (χ1n) is 3.32. The number of halogens is 2. The van der Waals surface area contributed by atoms with E-state index < -0.39 is 0 Å². The molecule has 0 unspecified atom stereocenters. The van der Waals surface area contributed by atoms with Crippen LogP contribution < -0.4 is 0 Å². The van der Waals surface area contributed by atoms with Gasteiger partial charge in [0, 0.05) is 8.95 Å². The molecule has 1 heterocycles. The zero-order valence-corrected chi connectivity index (χ0v) is 8.91. The van der Waals surface area contributed by atoms with Gasteiger partial charge in [-0.2, -0.15) is 0 Å². The number of benzene rings is 1. The lowest BCUT2D eigenvalue weighted by Crippen LogP contribution is -1.84. The molecule has 0 atom stereocenters. The number of rotatable bonds is 0. The van der Waals surface area contributed by atoms with Crippen LogP contribution in [0, 0.1) is 0 Å². The molecule has 0 bridgehead atoms. The van der Waals surface area contributed by atoms with Crippen LogP contribution in [0.1, 0.15) is 11.1 Å². The molecular formula is C8H6Br2O. The minimum Gasteiger partial charge on any atom is -0.372 e. The number of hydrogen-bond acceptors (Lipinski definition) is 1. The van der Waals surface area contributed by atoms with Crippen LogP contribution in [-0.4, -0.2) is 0 Å². The molecule has 0 saturated heterocycles. The third kappa shape index (κ3) is 1.25. The zero-order valence-electron chi connectivity index (χ0n) is 5.73. The van der Waals surface area contributed by atoms with Crippen molar-refractivity contribution in [2.75, 3.05) is 0 Å². The van der Waals surface area contributed by atoms with Gasteiger partial charge in [-0.15, -0.1) is 0 Å². The van der Waals surface area contributed by atoms with Gasteiger partial charge in [-0.3, -0.25) is 0 Å². The monoisotopic (exact) mass is 276 g/mol.